The van der Waals surface area contributed by atoms with Crippen LogP contribution < -0.4 is 5.32 Å². The van der Waals surface area contributed by atoms with Crippen LogP contribution >= 0.6 is 22.9 Å². The van der Waals surface area contributed by atoms with E-state index >= 15 is 0 Å². The van der Waals surface area contributed by atoms with Crippen LogP contribution in [0.15, 0.2) is 42.5 Å². The van der Waals surface area contributed by atoms with Crippen molar-refractivity contribution >= 4 is 44.2 Å². The summed E-state index contributed by atoms with van der Waals surface area (Å²) >= 11 is 7.40. The lowest BCUT2D eigenvalue weighted by Gasteiger charge is -2.35. The van der Waals surface area contributed by atoms with Crippen molar-refractivity contribution in [3.05, 3.63) is 58.9 Å². The van der Waals surface area contributed by atoms with Crippen molar-refractivity contribution in [2.24, 2.45) is 0 Å². The Morgan fingerprint density at radius 3 is 2.65 bits per heavy atom. The van der Waals surface area contributed by atoms with Gasteiger partial charge in [-0.3, -0.25) is 4.79 Å². The maximum atomic E-state index is 13.3. The topological polar surface area (TPSA) is 51.2 Å². The number of aromatic nitrogens is 1. The third kappa shape index (κ3) is 3.20. The largest absolute Gasteiger partial charge is 0.381 e. The summed E-state index contributed by atoms with van der Waals surface area (Å²) in [6, 6.07) is 11.6. The van der Waals surface area contributed by atoms with Crippen molar-refractivity contribution in [2.45, 2.75) is 18.3 Å². The lowest BCUT2D eigenvalue weighted by atomic mass is 9.73. The second-order valence-corrected chi connectivity index (χ2v) is 7.75. The van der Waals surface area contributed by atoms with Crippen molar-refractivity contribution in [1.82, 2.24) is 4.98 Å². The molecule has 0 unspecified atom stereocenters. The van der Waals surface area contributed by atoms with Gasteiger partial charge in [-0.15, -0.1) is 0 Å². The van der Waals surface area contributed by atoms with Crippen LogP contribution in [-0.2, 0) is 14.9 Å². The van der Waals surface area contributed by atoms with E-state index in [4.69, 9.17) is 16.3 Å². The molecule has 0 saturated carbocycles. The van der Waals surface area contributed by atoms with Gasteiger partial charge >= 0.3 is 0 Å². The molecule has 1 fully saturated rings. The average molecular weight is 391 g/mol. The van der Waals surface area contributed by atoms with Crippen LogP contribution in [0.25, 0.3) is 10.2 Å². The number of carbonyl (C=O) groups excluding carboxylic acids is 1. The molecule has 1 aliphatic rings. The Labute approximate surface area is 159 Å². The Morgan fingerprint density at radius 2 is 1.92 bits per heavy atom. The second-order valence-electron chi connectivity index (χ2n) is 6.29. The SMILES string of the molecule is O=C(Nc1nc2ccc(Cl)cc2s1)C1(c2ccc(F)cc2)CCOCC1. The Kier molecular flexibility index (Phi) is 4.65. The van der Waals surface area contributed by atoms with E-state index in [2.05, 4.69) is 10.3 Å². The van der Waals surface area contributed by atoms with Crippen molar-refractivity contribution in [3.63, 3.8) is 0 Å². The van der Waals surface area contributed by atoms with Crippen LogP contribution in [0.1, 0.15) is 18.4 Å². The van der Waals surface area contributed by atoms with Gasteiger partial charge < -0.3 is 10.1 Å². The van der Waals surface area contributed by atoms with E-state index in [9.17, 15) is 9.18 Å². The monoisotopic (exact) mass is 390 g/mol. The van der Waals surface area contributed by atoms with Gasteiger partial charge in [-0.1, -0.05) is 35.1 Å². The number of hydrogen-bond acceptors (Lipinski definition) is 4. The Balaban J connectivity index is 1.66. The molecular formula is C19H16ClFN2O2S. The summed E-state index contributed by atoms with van der Waals surface area (Å²) in [4.78, 5) is 17.7. The average Bonchev–Trinajstić information content (AvgIpc) is 3.04. The number of rotatable bonds is 3. The number of ether oxygens (including phenoxy) is 1. The van der Waals surface area contributed by atoms with Gasteiger partial charge in [0.1, 0.15) is 5.82 Å². The fourth-order valence-corrected chi connectivity index (χ4v) is 4.44. The predicted molar refractivity (Wildman–Crippen MR) is 101 cm³/mol. The summed E-state index contributed by atoms with van der Waals surface area (Å²) in [6.45, 7) is 0.973. The third-order valence-electron chi connectivity index (χ3n) is 4.75. The van der Waals surface area contributed by atoms with Crippen molar-refractivity contribution in [2.75, 3.05) is 18.5 Å². The predicted octanol–water partition coefficient (Wildman–Crippen LogP) is 4.78. The molecular weight excluding hydrogens is 375 g/mol. The number of anilines is 1. The summed E-state index contributed by atoms with van der Waals surface area (Å²) in [5.74, 6) is -0.461. The highest BCUT2D eigenvalue weighted by Gasteiger charge is 2.42. The van der Waals surface area contributed by atoms with E-state index in [1.165, 1.54) is 23.5 Å². The number of nitrogens with one attached hydrogen (secondary N) is 1. The quantitative estimate of drug-likeness (QED) is 0.700. The van der Waals surface area contributed by atoms with Gasteiger partial charge in [0.25, 0.3) is 0 Å². The lowest BCUT2D eigenvalue weighted by molar-refractivity contribution is -0.125. The highest BCUT2D eigenvalue weighted by Crippen LogP contribution is 2.37. The number of hydrogen-bond donors (Lipinski definition) is 1. The minimum Gasteiger partial charge on any atom is -0.381 e. The Morgan fingerprint density at radius 1 is 1.19 bits per heavy atom. The zero-order valence-electron chi connectivity index (χ0n) is 13.8. The minimum atomic E-state index is -0.749. The molecule has 1 aliphatic heterocycles. The summed E-state index contributed by atoms with van der Waals surface area (Å²) in [5, 5.41) is 4.11. The van der Waals surface area contributed by atoms with Crippen LogP contribution in [-0.4, -0.2) is 24.1 Å². The summed E-state index contributed by atoms with van der Waals surface area (Å²) < 4.78 is 19.7. The number of fused-ring (bicyclic) bond motifs is 1. The molecule has 1 saturated heterocycles. The number of amides is 1. The van der Waals surface area contributed by atoms with E-state index in [1.807, 2.05) is 12.1 Å². The van der Waals surface area contributed by atoms with Gasteiger partial charge in [0.05, 0.1) is 15.6 Å². The van der Waals surface area contributed by atoms with E-state index < -0.39 is 5.41 Å². The number of nitrogens with zero attached hydrogens (tertiary/aromatic N) is 1. The molecule has 0 bridgehead atoms. The molecule has 0 radical (unpaired) electrons. The number of thiazole rings is 1. The first-order valence-corrected chi connectivity index (χ1v) is 9.48. The van der Waals surface area contributed by atoms with Crippen LogP contribution in [0, 0.1) is 5.82 Å². The van der Waals surface area contributed by atoms with Crippen molar-refractivity contribution in [3.8, 4) is 0 Å². The van der Waals surface area contributed by atoms with Gasteiger partial charge in [-0.2, -0.15) is 0 Å². The Bertz CT molecular complexity index is 952. The normalized spacial score (nSPS) is 16.5. The molecule has 1 aromatic heterocycles. The molecule has 4 nitrogen and oxygen atoms in total. The van der Waals surface area contributed by atoms with Gasteiger partial charge in [0, 0.05) is 18.2 Å². The molecule has 1 amide bonds. The van der Waals surface area contributed by atoms with Crippen LogP contribution in [0.5, 0.6) is 0 Å². The third-order valence-corrected chi connectivity index (χ3v) is 5.92. The van der Waals surface area contributed by atoms with Crippen molar-refractivity contribution < 1.29 is 13.9 Å². The van der Waals surface area contributed by atoms with Crippen LogP contribution in [0.4, 0.5) is 9.52 Å². The maximum absolute atomic E-state index is 13.3. The van der Waals surface area contributed by atoms with Crippen molar-refractivity contribution in [1.29, 1.82) is 0 Å². The standard InChI is InChI=1S/C19H16ClFN2O2S/c20-13-3-6-15-16(11-13)26-18(22-15)23-17(24)19(7-9-25-10-8-19)12-1-4-14(21)5-2-12/h1-6,11H,7-10H2,(H,22,23,24). The molecule has 1 N–H and O–H groups in total. The van der Waals surface area contributed by atoms with Gasteiger partial charge in [-0.05, 0) is 48.7 Å². The lowest BCUT2D eigenvalue weighted by Crippen LogP contribution is -2.44. The molecule has 7 heteroatoms. The minimum absolute atomic E-state index is 0.141. The maximum Gasteiger partial charge on any atom is 0.236 e. The number of benzene rings is 2. The van der Waals surface area contributed by atoms with E-state index in [0.29, 0.717) is 36.2 Å². The highest BCUT2D eigenvalue weighted by molar-refractivity contribution is 7.22. The first-order valence-electron chi connectivity index (χ1n) is 8.28. The Hall–Kier alpha value is -2.02. The molecule has 0 spiro atoms. The van der Waals surface area contributed by atoms with E-state index in [-0.39, 0.29) is 11.7 Å². The second kappa shape index (κ2) is 6.95. The van der Waals surface area contributed by atoms with Crippen LogP contribution in [0.2, 0.25) is 5.02 Å². The van der Waals surface area contributed by atoms with Gasteiger partial charge in [0.15, 0.2) is 5.13 Å². The first-order chi connectivity index (χ1) is 12.6. The molecule has 0 atom stereocenters. The fraction of sp³-hybridized carbons (Fsp3) is 0.263. The molecule has 134 valence electrons. The fourth-order valence-electron chi connectivity index (χ4n) is 3.30. The first kappa shape index (κ1) is 17.4. The molecule has 4 rings (SSSR count). The molecule has 2 heterocycles. The molecule has 2 aromatic carbocycles. The zero-order chi connectivity index (χ0) is 18.1. The number of carbonyl (C=O) groups is 1. The summed E-state index contributed by atoms with van der Waals surface area (Å²) in [6.07, 6.45) is 1.09. The van der Waals surface area contributed by atoms with Gasteiger partial charge in [-0.25, -0.2) is 9.37 Å². The molecule has 3 aromatic rings. The smallest absolute Gasteiger partial charge is 0.236 e. The molecule has 0 aliphatic carbocycles. The van der Waals surface area contributed by atoms with E-state index in [1.54, 1.807) is 18.2 Å². The van der Waals surface area contributed by atoms with Crippen LogP contribution in [0.3, 0.4) is 0 Å². The van der Waals surface area contributed by atoms with Gasteiger partial charge in [0.2, 0.25) is 5.91 Å². The summed E-state index contributed by atoms with van der Waals surface area (Å²) in [5.41, 5.74) is 0.836. The number of halogens is 2. The molecule has 26 heavy (non-hydrogen) atoms. The van der Waals surface area contributed by atoms with E-state index in [0.717, 1.165) is 15.8 Å². The highest BCUT2D eigenvalue weighted by atomic mass is 35.5. The zero-order valence-corrected chi connectivity index (χ0v) is 15.4. The summed E-state index contributed by atoms with van der Waals surface area (Å²) in [7, 11) is 0.